The Morgan fingerprint density at radius 1 is 1.19 bits per heavy atom. The van der Waals surface area contributed by atoms with Crippen molar-refractivity contribution in [3.63, 3.8) is 0 Å². The van der Waals surface area contributed by atoms with Crippen LogP contribution in [-0.4, -0.2) is 41.6 Å². The van der Waals surface area contributed by atoms with E-state index in [0.717, 1.165) is 85.6 Å². The molecule has 0 bridgehead atoms. The van der Waals surface area contributed by atoms with Crippen LogP contribution in [0.3, 0.4) is 0 Å². The maximum Gasteiger partial charge on any atom is 0.220 e. The van der Waals surface area contributed by atoms with Crippen LogP contribution in [0.25, 0.3) is 16.7 Å². The van der Waals surface area contributed by atoms with Crippen LogP contribution in [0.15, 0.2) is 24.3 Å². The molecule has 2 N–H and O–H groups in total. The summed E-state index contributed by atoms with van der Waals surface area (Å²) in [6, 6.07) is 10.5. The summed E-state index contributed by atoms with van der Waals surface area (Å²) in [6.07, 6.45) is 3.31. The number of imidazole rings is 1. The Morgan fingerprint density at radius 3 is 2.58 bits per heavy atom. The number of hydrogen-bond acceptors (Lipinski definition) is 5. The van der Waals surface area contributed by atoms with E-state index in [-0.39, 0.29) is 17.7 Å². The number of carbonyl (C=O) groups is 1. The van der Waals surface area contributed by atoms with Crippen LogP contribution in [0.2, 0.25) is 0 Å². The number of amides is 1. The number of primary amides is 1. The number of hydrogen-bond donors (Lipinski definition) is 1. The molecule has 5 rings (SSSR count). The summed E-state index contributed by atoms with van der Waals surface area (Å²) in [5, 5.41) is 10.2. The molecule has 0 saturated carbocycles. The van der Waals surface area contributed by atoms with Crippen molar-refractivity contribution in [2.75, 3.05) is 31.2 Å². The zero-order chi connectivity index (χ0) is 21.5. The van der Waals surface area contributed by atoms with Crippen LogP contribution in [0.1, 0.15) is 48.3 Å². The van der Waals surface area contributed by atoms with Gasteiger partial charge in [0.05, 0.1) is 16.6 Å². The normalized spacial score (nSPS) is 18.5. The number of carbonyl (C=O) groups excluding carboxylic acids is 1. The molecule has 1 amide bonds. The summed E-state index contributed by atoms with van der Waals surface area (Å²) in [4.78, 5) is 18.9. The molecule has 0 spiro atoms. The topological polar surface area (TPSA) is 96.7 Å². The molecule has 31 heavy (non-hydrogen) atoms. The second-order valence-electron chi connectivity index (χ2n) is 8.66. The smallest absolute Gasteiger partial charge is 0.220 e. The van der Waals surface area contributed by atoms with Crippen molar-refractivity contribution in [1.82, 2.24) is 9.38 Å². The summed E-state index contributed by atoms with van der Waals surface area (Å²) in [5.74, 6) is 1.10. The van der Waals surface area contributed by atoms with Gasteiger partial charge in [-0.2, -0.15) is 5.26 Å². The fourth-order valence-electron chi connectivity index (χ4n) is 5.37. The number of nitrogens with two attached hydrogens (primary N) is 1. The number of fused-ring (bicyclic) bond motifs is 3. The number of para-hydroxylation sites is 2. The second-order valence-corrected chi connectivity index (χ2v) is 8.66. The summed E-state index contributed by atoms with van der Waals surface area (Å²) < 4.78 is 7.74. The minimum atomic E-state index is -0.211. The molecule has 3 aromatic rings. The maximum absolute atomic E-state index is 11.7. The predicted octanol–water partition coefficient (Wildman–Crippen LogP) is 3.26. The first kappa shape index (κ1) is 19.8. The third-order valence-corrected chi connectivity index (χ3v) is 6.94. The van der Waals surface area contributed by atoms with Crippen LogP contribution in [-0.2, 0) is 9.53 Å². The van der Waals surface area contributed by atoms with Crippen molar-refractivity contribution < 1.29 is 9.53 Å². The van der Waals surface area contributed by atoms with Crippen LogP contribution in [0, 0.1) is 24.2 Å². The van der Waals surface area contributed by atoms with Gasteiger partial charge in [0.1, 0.15) is 11.9 Å². The number of pyridine rings is 1. The zero-order valence-electron chi connectivity index (χ0n) is 17.8. The molecule has 0 aliphatic carbocycles. The van der Waals surface area contributed by atoms with Gasteiger partial charge < -0.3 is 15.4 Å². The van der Waals surface area contributed by atoms with E-state index >= 15 is 0 Å². The number of anilines is 1. The Morgan fingerprint density at radius 2 is 1.90 bits per heavy atom. The second kappa shape index (κ2) is 7.86. The van der Waals surface area contributed by atoms with Crippen LogP contribution in [0.4, 0.5) is 5.82 Å². The van der Waals surface area contributed by atoms with E-state index in [9.17, 15) is 10.1 Å². The summed E-state index contributed by atoms with van der Waals surface area (Å²) in [5.41, 5.74) is 11.1. The SMILES string of the molecule is Cc1c(C2CCOCC2)c(C#N)c2nc3ccccc3n2c1N1CCC(C(N)=O)CC1. The van der Waals surface area contributed by atoms with Gasteiger partial charge in [0, 0.05) is 32.2 Å². The molecule has 2 fully saturated rings. The largest absolute Gasteiger partial charge is 0.381 e. The lowest BCUT2D eigenvalue weighted by atomic mass is 9.85. The van der Waals surface area contributed by atoms with Gasteiger partial charge in [-0.3, -0.25) is 9.20 Å². The number of nitrogens with zero attached hydrogens (tertiary/aromatic N) is 4. The van der Waals surface area contributed by atoms with E-state index in [1.54, 1.807) is 0 Å². The molecule has 7 heteroatoms. The van der Waals surface area contributed by atoms with Crippen molar-refractivity contribution >= 4 is 28.4 Å². The van der Waals surface area contributed by atoms with E-state index in [0.29, 0.717) is 5.56 Å². The first-order valence-corrected chi connectivity index (χ1v) is 11.1. The molecule has 2 aliphatic heterocycles. The number of nitriles is 1. The lowest BCUT2D eigenvalue weighted by Crippen LogP contribution is -2.40. The van der Waals surface area contributed by atoms with E-state index in [1.807, 2.05) is 18.2 Å². The third kappa shape index (κ3) is 3.22. The minimum Gasteiger partial charge on any atom is -0.381 e. The highest BCUT2D eigenvalue weighted by atomic mass is 16.5. The summed E-state index contributed by atoms with van der Waals surface area (Å²) >= 11 is 0. The first-order valence-electron chi connectivity index (χ1n) is 11.1. The third-order valence-electron chi connectivity index (χ3n) is 6.94. The van der Waals surface area contributed by atoms with Crippen LogP contribution >= 0.6 is 0 Å². The fourth-order valence-corrected chi connectivity index (χ4v) is 5.37. The van der Waals surface area contributed by atoms with Crippen molar-refractivity contribution in [3.05, 3.63) is 41.0 Å². The maximum atomic E-state index is 11.7. The highest BCUT2D eigenvalue weighted by molar-refractivity contribution is 5.86. The Kier molecular flexibility index (Phi) is 5.03. The quantitative estimate of drug-likeness (QED) is 0.705. The van der Waals surface area contributed by atoms with E-state index in [4.69, 9.17) is 15.5 Å². The average Bonchev–Trinajstić information content (AvgIpc) is 3.18. The lowest BCUT2D eigenvalue weighted by Gasteiger charge is -2.35. The Labute approximate surface area is 181 Å². The number of rotatable bonds is 3. The monoisotopic (exact) mass is 417 g/mol. The molecular formula is C24H27N5O2. The average molecular weight is 418 g/mol. The Bertz CT molecular complexity index is 1190. The standard InChI is InChI=1S/C24H27N5O2/c1-15-21(16-8-12-31-13-9-16)18(14-25)23-27-19-4-2-3-5-20(19)29(23)24(15)28-10-6-17(7-11-28)22(26)30/h2-5,16-17H,6-13H2,1H3,(H2,26,30). The van der Waals surface area contributed by atoms with E-state index in [2.05, 4.69) is 28.4 Å². The molecular weight excluding hydrogens is 390 g/mol. The molecule has 0 radical (unpaired) electrons. The fraction of sp³-hybridized carbons (Fsp3) is 0.458. The number of aromatic nitrogens is 2. The molecule has 4 heterocycles. The minimum absolute atomic E-state index is 0.0695. The number of ether oxygens (including phenoxy) is 1. The highest BCUT2D eigenvalue weighted by Crippen LogP contribution is 2.40. The van der Waals surface area contributed by atoms with Gasteiger partial charge >= 0.3 is 0 Å². The molecule has 0 unspecified atom stereocenters. The van der Waals surface area contributed by atoms with Gasteiger partial charge in [0.25, 0.3) is 0 Å². The van der Waals surface area contributed by atoms with Crippen molar-refractivity contribution in [1.29, 1.82) is 5.26 Å². The van der Waals surface area contributed by atoms with E-state index in [1.165, 1.54) is 0 Å². The molecule has 2 saturated heterocycles. The van der Waals surface area contributed by atoms with Gasteiger partial charge in [0.15, 0.2) is 5.65 Å². The predicted molar refractivity (Wildman–Crippen MR) is 119 cm³/mol. The van der Waals surface area contributed by atoms with E-state index < -0.39 is 0 Å². The molecule has 7 nitrogen and oxygen atoms in total. The van der Waals surface area contributed by atoms with Crippen molar-refractivity contribution in [2.24, 2.45) is 11.7 Å². The molecule has 1 aromatic carbocycles. The first-order chi connectivity index (χ1) is 15.1. The molecule has 0 atom stereocenters. The van der Waals surface area contributed by atoms with Gasteiger partial charge in [0.2, 0.25) is 5.91 Å². The van der Waals surface area contributed by atoms with Gasteiger partial charge in [-0.1, -0.05) is 12.1 Å². The summed E-state index contributed by atoms with van der Waals surface area (Å²) in [7, 11) is 0. The van der Waals surface area contributed by atoms with Crippen LogP contribution < -0.4 is 10.6 Å². The Hall–Kier alpha value is -3.11. The number of benzene rings is 1. The lowest BCUT2D eigenvalue weighted by molar-refractivity contribution is -0.122. The Balaban J connectivity index is 1.75. The zero-order valence-corrected chi connectivity index (χ0v) is 17.8. The van der Waals surface area contributed by atoms with Gasteiger partial charge in [-0.25, -0.2) is 4.98 Å². The van der Waals surface area contributed by atoms with Crippen LogP contribution in [0.5, 0.6) is 0 Å². The molecule has 2 aliphatic rings. The van der Waals surface area contributed by atoms with Gasteiger partial charge in [-0.15, -0.1) is 0 Å². The van der Waals surface area contributed by atoms with Crippen molar-refractivity contribution in [3.8, 4) is 6.07 Å². The number of piperidine rings is 1. The van der Waals surface area contributed by atoms with Crippen molar-refractivity contribution in [2.45, 2.75) is 38.5 Å². The molecule has 2 aromatic heterocycles. The summed E-state index contributed by atoms with van der Waals surface area (Å²) in [6.45, 7) is 5.09. The highest BCUT2D eigenvalue weighted by Gasteiger charge is 2.31. The molecule has 160 valence electrons. The van der Waals surface area contributed by atoms with Gasteiger partial charge in [-0.05, 0) is 61.8 Å².